The highest BCUT2D eigenvalue weighted by molar-refractivity contribution is 5.93. The summed E-state index contributed by atoms with van der Waals surface area (Å²) in [5.74, 6) is 0.178. The van der Waals surface area contributed by atoms with Crippen molar-refractivity contribution in [3.63, 3.8) is 0 Å². The molecule has 2 N–H and O–H groups in total. The molecule has 0 aromatic heterocycles. The van der Waals surface area contributed by atoms with E-state index in [0.29, 0.717) is 6.54 Å². The Balaban J connectivity index is 1.46. The molecule has 0 heterocycles. The summed E-state index contributed by atoms with van der Waals surface area (Å²) in [6, 6.07) is 14.2. The third-order valence-corrected chi connectivity index (χ3v) is 5.92. The number of amides is 2. The van der Waals surface area contributed by atoms with Gasteiger partial charge in [0.25, 0.3) is 0 Å². The molecule has 0 unspecified atom stereocenters. The first kappa shape index (κ1) is 20.1. The average Bonchev–Trinajstić information content (AvgIpc) is 2.71. The molecule has 2 aromatic rings. The van der Waals surface area contributed by atoms with Gasteiger partial charge in [0.15, 0.2) is 0 Å². The Labute approximate surface area is 167 Å². The lowest BCUT2D eigenvalue weighted by Gasteiger charge is -2.27. The van der Waals surface area contributed by atoms with E-state index in [4.69, 9.17) is 0 Å². The van der Waals surface area contributed by atoms with Crippen molar-refractivity contribution >= 4 is 17.5 Å². The SMILES string of the molecule is Cc1ccc(CNC(=O)C2CCC(C(=O)Nc3cccc(C)c3C)CC2)cc1. The maximum absolute atomic E-state index is 12.6. The van der Waals surface area contributed by atoms with Gasteiger partial charge in [-0.05, 0) is 69.2 Å². The molecule has 0 spiro atoms. The summed E-state index contributed by atoms with van der Waals surface area (Å²) in [5, 5.41) is 6.12. The minimum atomic E-state index is -0.0129. The van der Waals surface area contributed by atoms with Gasteiger partial charge in [-0.1, -0.05) is 42.0 Å². The summed E-state index contributed by atoms with van der Waals surface area (Å²) < 4.78 is 0. The number of hydrogen-bond donors (Lipinski definition) is 2. The molecule has 0 saturated heterocycles. The Morgan fingerprint density at radius 1 is 0.857 bits per heavy atom. The van der Waals surface area contributed by atoms with Gasteiger partial charge in [0.2, 0.25) is 11.8 Å². The number of anilines is 1. The summed E-state index contributed by atoms with van der Waals surface area (Å²) in [7, 11) is 0. The van der Waals surface area contributed by atoms with Crippen molar-refractivity contribution in [3.8, 4) is 0 Å². The molecule has 28 heavy (non-hydrogen) atoms. The number of benzene rings is 2. The number of carbonyl (C=O) groups excluding carboxylic acids is 2. The van der Waals surface area contributed by atoms with Crippen LogP contribution >= 0.6 is 0 Å². The Kier molecular flexibility index (Phi) is 6.50. The summed E-state index contributed by atoms with van der Waals surface area (Å²) in [6.07, 6.45) is 3.06. The molecular formula is C24H30N2O2. The normalized spacial score (nSPS) is 19.1. The van der Waals surface area contributed by atoms with E-state index in [0.717, 1.165) is 42.5 Å². The van der Waals surface area contributed by atoms with Crippen LogP contribution in [0, 0.1) is 32.6 Å². The van der Waals surface area contributed by atoms with E-state index in [9.17, 15) is 9.59 Å². The molecule has 0 radical (unpaired) electrons. The fourth-order valence-electron chi connectivity index (χ4n) is 3.78. The summed E-state index contributed by atoms with van der Waals surface area (Å²) in [6.45, 7) is 6.69. The van der Waals surface area contributed by atoms with Gasteiger partial charge in [0.1, 0.15) is 0 Å². The van der Waals surface area contributed by atoms with Crippen molar-refractivity contribution < 1.29 is 9.59 Å². The third-order valence-electron chi connectivity index (χ3n) is 5.92. The van der Waals surface area contributed by atoms with E-state index in [-0.39, 0.29) is 23.7 Å². The van der Waals surface area contributed by atoms with Crippen molar-refractivity contribution in [2.24, 2.45) is 11.8 Å². The molecule has 2 amide bonds. The molecule has 4 nitrogen and oxygen atoms in total. The van der Waals surface area contributed by atoms with Crippen LogP contribution in [0.4, 0.5) is 5.69 Å². The fraction of sp³-hybridized carbons (Fsp3) is 0.417. The lowest BCUT2D eigenvalue weighted by Crippen LogP contribution is -2.35. The maximum Gasteiger partial charge on any atom is 0.227 e. The average molecular weight is 379 g/mol. The van der Waals surface area contributed by atoms with Gasteiger partial charge < -0.3 is 10.6 Å². The number of rotatable bonds is 5. The topological polar surface area (TPSA) is 58.2 Å². The van der Waals surface area contributed by atoms with Crippen LogP contribution < -0.4 is 10.6 Å². The molecule has 1 saturated carbocycles. The second-order valence-electron chi connectivity index (χ2n) is 7.99. The Bertz CT molecular complexity index is 834. The zero-order chi connectivity index (χ0) is 20.1. The fourth-order valence-corrected chi connectivity index (χ4v) is 3.78. The van der Waals surface area contributed by atoms with Crippen LogP contribution in [0.2, 0.25) is 0 Å². The minimum absolute atomic E-state index is 0.00945. The van der Waals surface area contributed by atoms with Crippen molar-refractivity contribution in [2.75, 3.05) is 5.32 Å². The molecule has 1 aliphatic carbocycles. The number of carbonyl (C=O) groups is 2. The number of hydrogen-bond acceptors (Lipinski definition) is 2. The van der Waals surface area contributed by atoms with Crippen LogP contribution in [0.3, 0.4) is 0 Å². The molecule has 4 heteroatoms. The lowest BCUT2D eigenvalue weighted by molar-refractivity contribution is -0.128. The highest BCUT2D eigenvalue weighted by Crippen LogP contribution is 2.30. The first-order valence-corrected chi connectivity index (χ1v) is 10.1. The molecule has 0 aliphatic heterocycles. The molecule has 3 rings (SSSR count). The van der Waals surface area contributed by atoms with Crippen molar-refractivity contribution in [1.82, 2.24) is 5.32 Å². The third kappa shape index (κ3) is 5.00. The summed E-state index contributed by atoms with van der Waals surface area (Å²) in [5.41, 5.74) is 5.50. The second kappa shape index (κ2) is 9.05. The smallest absolute Gasteiger partial charge is 0.227 e. The molecule has 1 fully saturated rings. The van der Waals surface area contributed by atoms with E-state index in [1.807, 2.05) is 44.2 Å². The molecule has 0 bridgehead atoms. The Morgan fingerprint density at radius 2 is 1.46 bits per heavy atom. The highest BCUT2D eigenvalue weighted by Gasteiger charge is 2.30. The van der Waals surface area contributed by atoms with E-state index in [1.54, 1.807) is 0 Å². The molecule has 1 aliphatic rings. The summed E-state index contributed by atoms with van der Waals surface area (Å²) in [4.78, 5) is 25.1. The van der Waals surface area contributed by atoms with Crippen LogP contribution in [-0.4, -0.2) is 11.8 Å². The largest absolute Gasteiger partial charge is 0.352 e. The molecule has 148 valence electrons. The Morgan fingerprint density at radius 3 is 2.11 bits per heavy atom. The van der Waals surface area contributed by atoms with Crippen LogP contribution in [0.25, 0.3) is 0 Å². The minimum Gasteiger partial charge on any atom is -0.352 e. The van der Waals surface area contributed by atoms with Crippen LogP contribution in [0.5, 0.6) is 0 Å². The van der Waals surface area contributed by atoms with E-state index >= 15 is 0 Å². The second-order valence-corrected chi connectivity index (χ2v) is 7.99. The van der Waals surface area contributed by atoms with Crippen LogP contribution in [-0.2, 0) is 16.1 Å². The van der Waals surface area contributed by atoms with Gasteiger partial charge in [-0.25, -0.2) is 0 Å². The maximum atomic E-state index is 12.6. The van der Waals surface area contributed by atoms with Gasteiger partial charge in [0.05, 0.1) is 0 Å². The quantitative estimate of drug-likeness (QED) is 0.794. The Hall–Kier alpha value is -2.62. The van der Waals surface area contributed by atoms with Crippen molar-refractivity contribution in [3.05, 3.63) is 64.7 Å². The summed E-state index contributed by atoms with van der Waals surface area (Å²) >= 11 is 0. The predicted octanol–water partition coefficient (Wildman–Crippen LogP) is 4.67. The van der Waals surface area contributed by atoms with Gasteiger partial charge >= 0.3 is 0 Å². The lowest BCUT2D eigenvalue weighted by atomic mass is 9.81. The van der Waals surface area contributed by atoms with Crippen LogP contribution in [0.1, 0.15) is 47.9 Å². The van der Waals surface area contributed by atoms with Gasteiger partial charge in [-0.3, -0.25) is 9.59 Å². The first-order valence-electron chi connectivity index (χ1n) is 10.1. The monoisotopic (exact) mass is 378 g/mol. The standard InChI is InChI=1S/C24H30N2O2/c1-16-7-9-19(10-8-16)15-25-23(27)20-11-13-21(14-12-20)24(28)26-22-6-4-5-17(2)18(22)3/h4-10,20-21H,11-15H2,1-3H3,(H,25,27)(H,26,28). The van der Waals surface area contributed by atoms with Crippen molar-refractivity contribution in [2.45, 2.75) is 53.0 Å². The van der Waals surface area contributed by atoms with Gasteiger partial charge in [-0.2, -0.15) is 0 Å². The van der Waals surface area contributed by atoms with E-state index in [1.165, 1.54) is 11.1 Å². The molecule has 0 atom stereocenters. The van der Waals surface area contributed by atoms with Crippen LogP contribution in [0.15, 0.2) is 42.5 Å². The molecular weight excluding hydrogens is 348 g/mol. The van der Waals surface area contributed by atoms with Gasteiger partial charge in [-0.15, -0.1) is 0 Å². The van der Waals surface area contributed by atoms with Crippen molar-refractivity contribution in [1.29, 1.82) is 0 Å². The first-order chi connectivity index (χ1) is 13.4. The highest BCUT2D eigenvalue weighted by atomic mass is 16.2. The zero-order valence-corrected chi connectivity index (χ0v) is 17.0. The van der Waals surface area contributed by atoms with Gasteiger partial charge in [0, 0.05) is 24.1 Å². The van der Waals surface area contributed by atoms with E-state index in [2.05, 4.69) is 29.7 Å². The molecule has 2 aromatic carbocycles. The van der Waals surface area contributed by atoms with E-state index < -0.39 is 0 Å². The predicted molar refractivity (Wildman–Crippen MR) is 113 cm³/mol. The number of aryl methyl sites for hydroxylation is 2. The zero-order valence-electron chi connectivity index (χ0n) is 17.0. The number of nitrogens with one attached hydrogen (secondary N) is 2.